The van der Waals surface area contributed by atoms with E-state index >= 15 is 0 Å². The number of aliphatic hydroxyl groups is 2. The van der Waals surface area contributed by atoms with Gasteiger partial charge in [0.2, 0.25) is 0 Å². The highest BCUT2D eigenvalue weighted by Gasteiger charge is 2.20. The topological polar surface area (TPSA) is 40.5 Å². The molecule has 0 amide bonds. The second-order valence-corrected chi connectivity index (χ2v) is 3.18. The van der Waals surface area contributed by atoms with Gasteiger partial charge in [0.1, 0.15) is 0 Å². The van der Waals surface area contributed by atoms with E-state index in [2.05, 4.69) is 6.58 Å². The number of rotatable bonds is 5. The second kappa shape index (κ2) is 5.33. The van der Waals surface area contributed by atoms with Crippen molar-refractivity contribution >= 4 is 0 Å². The van der Waals surface area contributed by atoms with Crippen molar-refractivity contribution in [1.82, 2.24) is 0 Å². The van der Waals surface area contributed by atoms with Gasteiger partial charge in [0.05, 0.1) is 6.10 Å². The van der Waals surface area contributed by atoms with Crippen molar-refractivity contribution in [3.63, 3.8) is 0 Å². The first-order valence-corrected chi connectivity index (χ1v) is 4.03. The SMILES string of the molecule is C=CC[C@@H](O)[C@H](CO)C(C)C. The number of aliphatic hydroxyl groups excluding tert-OH is 2. The summed E-state index contributed by atoms with van der Waals surface area (Å²) in [5.74, 6) is 0.294. The quantitative estimate of drug-likeness (QED) is 0.590. The molecule has 66 valence electrons. The number of hydrogen-bond acceptors (Lipinski definition) is 2. The molecule has 0 aliphatic rings. The van der Waals surface area contributed by atoms with Gasteiger partial charge < -0.3 is 10.2 Å². The van der Waals surface area contributed by atoms with E-state index < -0.39 is 6.10 Å². The Kier molecular flexibility index (Phi) is 5.16. The molecule has 0 aliphatic heterocycles. The van der Waals surface area contributed by atoms with Crippen molar-refractivity contribution in [3.8, 4) is 0 Å². The van der Waals surface area contributed by atoms with Crippen molar-refractivity contribution in [3.05, 3.63) is 12.7 Å². The van der Waals surface area contributed by atoms with Gasteiger partial charge >= 0.3 is 0 Å². The third kappa shape index (κ3) is 3.54. The average molecular weight is 158 g/mol. The first kappa shape index (κ1) is 10.7. The van der Waals surface area contributed by atoms with Crippen molar-refractivity contribution in [2.45, 2.75) is 26.4 Å². The van der Waals surface area contributed by atoms with Crippen LogP contribution in [0.2, 0.25) is 0 Å². The van der Waals surface area contributed by atoms with Gasteiger partial charge in [-0.25, -0.2) is 0 Å². The molecule has 2 heteroatoms. The predicted octanol–water partition coefficient (Wildman–Crippen LogP) is 1.19. The molecule has 0 heterocycles. The summed E-state index contributed by atoms with van der Waals surface area (Å²) in [6.45, 7) is 7.57. The maximum absolute atomic E-state index is 9.45. The highest BCUT2D eigenvalue weighted by atomic mass is 16.3. The highest BCUT2D eigenvalue weighted by molar-refractivity contribution is 4.78. The van der Waals surface area contributed by atoms with Crippen LogP contribution in [0.5, 0.6) is 0 Å². The molecule has 0 fully saturated rings. The molecule has 0 aromatic rings. The first-order chi connectivity index (χ1) is 5.13. The summed E-state index contributed by atoms with van der Waals surface area (Å²) in [4.78, 5) is 0. The molecule has 0 bridgehead atoms. The molecular weight excluding hydrogens is 140 g/mol. The summed E-state index contributed by atoms with van der Waals surface area (Å²) in [6, 6.07) is 0. The lowest BCUT2D eigenvalue weighted by atomic mass is 9.89. The fourth-order valence-electron chi connectivity index (χ4n) is 1.12. The van der Waals surface area contributed by atoms with Gasteiger partial charge in [0.25, 0.3) is 0 Å². The molecule has 0 spiro atoms. The van der Waals surface area contributed by atoms with Gasteiger partial charge in [-0.15, -0.1) is 6.58 Å². The van der Waals surface area contributed by atoms with Crippen LogP contribution < -0.4 is 0 Å². The zero-order valence-corrected chi connectivity index (χ0v) is 7.33. The average Bonchev–Trinajstić information content (AvgIpc) is 1.88. The normalized spacial score (nSPS) is 16.5. The monoisotopic (exact) mass is 158 g/mol. The minimum atomic E-state index is -0.447. The third-order valence-electron chi connectivity index (χ3n) is 1.97. The summed E-state index contributed by atoms with van der Waals surface area (Å²) >= 11 is 0. The Balaban J connectivity index is 3.90. The zero-order valence-electron chi connectivity index (χ0n) is 7.33. The molecule has 2 atom stereocenters. The van der Waals surface area contributed by atoms with Crippen LogP contribution in [0.3, 0.4) is 0 Å². The van der Waals surface area contributed by atoms with Gasteiger partial charge in [-0.2, -0.15) is 0 Å². The molecule has 0 aromatic carbocycles. The van der Waals surface area contributed by atoms with Crippen molar-refractivity contribution in [1.29, 1.82) is 0 Å². The van der Waals surface area contributed by atoms with E-state index in [0.29, 0.717) is 12.3 Å². The Hall–Kier alpha value is -0.340. The van der Waals surface area contributed by atoms with Crippen LogP contribution in [0.25, 0.3) is 0 Å². The van der Waals surface area contributed by atoms with E-state index in [0.717, 1.165) is 0 Å². The van der Waals surface area contributed by atoms with Crippen molar-refractivity contribution in [2.75, 3.05) is 6.61 Å². The largest absolute Gasteiger partial charge is 0.396 e. The first-order valence-electron chi connectivity index (χ1n) is 4.03. The fourth-order valence-corrected chi connectivity index (χ4v) is 1.12. The molecule has 0 rings (SSSR count). The van der Waals surface area contributed by atoms with Crippen LogP contribution >= 0.6 is 0 Å². The lowest BCUT2D eigenvalue weighted by molar-refractivity contribution is 0.0438. The maximum Gasteiger partial charge on any atom is 0.0627 e. The Morgan fingerprint density at radius 1 is 1.45 bits per heavy atom. The lowest BCUT2D eigenvalue weighted by Crippen LogP contribution is -2.27. The lowest BCUT2D eigenvalue weighted by Gasteiger charge is -2.23. The molecule has 11 heavy (non-hydrogen) atoms. The van der Waals surface area contributed by atoms with E-state index in [9.17, 15) is 5.11 Å². The van der Waals surface area contributed by atoms with Crippen LogP contribution in [0.1, 0.15) is 20.3 Å². The van der Waals surface area contributed by atoms with E-state index in [-0.39, 0.29) is 12.5 Å². The minimum Gasteiger partial charge on any atom is -0.396 e. The van der Waals surface area contributed by atoms with Gasteiger partial charge in [0.15, 0.2) is 0 Å². The summed E-state index contributed by atoms with van der Waals surface area (Å²) in [6.07, 6.45) is 1.79. The molecule has 0 saturated heterocycles. The standard InChI is InChI=1S/C9H18O2/c1-4-5-9(11)8(6-10)7(2)3/h4,7-11H,1,5-6H2,2-3H3/t8-,9-/m1/s1. The Bertz CT molecular complexity index is 110. The third-order valence-corrected chi connectivity index (χ3v) is 1.97. The second-order valence-electron chi connectivity index (χ2n) is 3.18. The fraction of sp³-hybridized carbons (Fsp3) is 0.778. The van der Waals surface area contributed by atoms with E-state index in [1.807, 2.05) is 13.8 Å². The molecule has 0 aliphatic carbocycles. The molecule has 2 N–H and O–H groups in total. The van der Waals surface area contributed by atoms with Gasteiger partial charge in [-0.1, -0.05) is 19.9 Å². The Labute approximate surface area is 68.6 Å². The molecule has 0 saturated carbocycles. The van der Waals surface area contributed by atoms with Crippen LogP contribution in [-0.2, 0) is 0 Å². The van der Waals surface area contributed by atoms with Gasteiger partial charge in [-0.3, -0.25) is 0 Å². The van der Waals surface area contributed by atoms with Gasteiger partial charge in [0, 0.05) is 12.5 Å². The molecule has 0 aromatic heterocycles. The van der Waals surface area contributed by atoms with Crippen molar-refractivity contribution < 1.29 is 10.2 Å². The van der Waals surface area contributed by atoms with Crippen LogP contribution in [0.15, 0.2) is 12.7 Å². The van der Waals surface area contributed by atoms with Gasteiger partial charge in [-0.05, 0) is 12.3 Å². The Morgan fingerprint density at radius 2 is 2.00 bits per heavy atom. The predicted molar refractivity (Wildman–Crippen MR) is 46.2 cm³/mol. The smallest absolute Gasteiger partial charge is 0.0627 e. The van der Waals surface area contributed by atoms with E-state index in [1.54, 1.807) is 6.08 Å². The van der Waals surface area contributed by atoms with Crippen LogP contribution in [0, 0.1) is 11.8 Å². The van der Waals surface area contributed by atoms with Crippen LogP contribution in [0.4, 0.5) is 0 Å². The minimum absolute atomic E-state index is 0.0204. The molecular formula is C9H18O2. The van der Waals surface area contributed by atoms with Crippen LogP contribution in [-0.4, -0.2) is 22.9 Å². The van der Waals surface area contributed by atoms with E-state index in [1.165, 1.54) is 0 Å². The van der Waals surface area contributed by atoms with E-state index in [4.69, 9.17) is 5.11 Å². The summed E-state index contributed by atoms with van der Waals surface area (Å²) in [7, 11) is 0. The molecule has 0 unspecified atom stereocenters. The summed E-state index contributed by atoms with van der Waals surface area (Å²) < 4.78 is 0. The summed E-state index contributed by atoms with van der Waals surface area (Å²) in [5, 5.41) is 18.3. The molecule has 2 nitrogen and oxygen atoms in total. The maximum atomic E-state index is 9.45. The number of hydrogen-bond donors (Lipinski definition) is 2. The van der Waals surface area contributed by atoms with Crippen molar-refractivity contribution in [2.24, 2.45) is 11.8 Å². The zero-order chi connectivity index (χ0) is 8.85. The summed E-state index contributed by atoms with van der Waals surface area (Å²) in [5.41, 5.74) is 0. The Morgan fingerprint density at radius 3 is 2.27 bits per heavy atom. The highest BCUT2D eigenvalue weighted by Crippen LogP contribution is 2.16. The molecule has 0 radical (unpaired) electrons.